The zero-order valence-electron chi connectivity index (χ0n) is 11.3. The highest BCUT2D eigenvalue weighted by molar-refractivity contribution is 6.20. The fourth-order valence-corrected chi connectivity index (χ4v) is 1.91. The van der Waals surface area contributed by atoms with Crippen LogP contribution in [0.4, 0.5) is 0 Å². The molecule has 0 saturated heterocycles. The Balaban J connectivity index is 2.17. The minimum atomic E-state index is -0.975. The highest BCUT2D eigenvalue weighted by Gasteiger charge is 2.39. The van der Waals surface area contributed by atoms with E-state index in [1.165, 1.54) is 0 Å². The fraction of sp³-hybridized carbons (Fsp3) is 0.357. The van der Waals surface area contributed by atoms with Gasteiger partial charge in [-0.1, -0.05) is 19.1 Å². The van der Waals surface area contributed by atoms with E-state index in [1.54, 1.807) is 38.1 Å². The minimum Gasteiger partial charge on any atom is -0.464 e. The molecule has 20 heavy (non-hydrogen) atoms. The number of ether oxygens (including phenoxy) is 1. The van der Waals surface area contributed by atoms with E-state index in [0.717, 1.165) is 0 Å². The number of hydroxylamine groups is 2. The number of benzene rings is 1. The third kappa shape index (κ3) is 2.42. The smallest absolute Gasteiger partial charge is 0.338 e. The van der Waals surface area contributed by atoms with Gasteiger partial charge in [0.25, 0.3) is 11.8 Å². The average molecular weight is 277 g/mol. The second kappa shape index (κ2) is 5.83. The molecule has 0 N–H and O–H groups in total. The van der Waals surface area contributed by atoms with Gasteiger partial charge in [0.1, 0.15) is 0 Å². The monoisotopic (exact) mass is 277 g/mol. The topological polar surface area (TPSA) is 72.9 Å². The van der Waals surface area contributed by atoms with Crippen LogP contribution in [-0.2, 0) is 14.4 Å². The molecule has 106 valence electrons. The molecule has 0 fully saturated rings. The first-order valence-electron chi connectivity index (χ1n) is 6.41. The highest BCUT2D eigenvalue weighted by Crippen LogP contribution is 2.23. The number of nitrogens with zero attached hydrogens (tertiary/aromatic N) is 1. The van der Waals surface area contributed by atoms with E-state index in [-0.39, 0.29) is 17.7 Å². The van der Waals surface area contributed by atoms with Crippen molar-refractivity contribution in [1.82, 2.24) is 5.06 Å². The Hall–Kier alpha value is -2.21. The molecule has 0 aliphatic carbocycles. The van der Waals surface area contributed by atoms with Crippen LogP contribution in [0, 0.1) is 0 Å². The molecule has 6 heteroatoms. The summed E-state index contributed by atoms with van der Waals surface area (Å²) in [7, 11) is 0. The van der Waals surface area contributed by atoms with Crippen LogP contribution in [0.2, 0.25) is 0 Å². The standard InChI is InChI=1S/C14H15NO5/c1-3-11(14(18)19-4-2)20-15-12(16)9-7-5-6-8-10(9)13(15)17/h5-8,11H,3-4H2,1-2H3. The van der Waals surface area contributed by atoms with Crippen LogP contribution in [0.3, 0.4) is 0 Å². The summed E-state index contributed by atoms with van der Waals surface area (Å²) >= 11 is 0. The molecule has 1 aliphatic heterocycles. The zero-order valence-corrected chi connectivity index (χ0v) is 11.3. The first-order chi connectivity index (χ1) is 9.60. The lowest BCUT2D eigenvalue weighted by molar-refractivity contribution is -0.180. The Labute approximate surface area is 116 Å². The Morgan fingerprint density at radius 3 is 2.15 bits per heavy atom. The maximum Gasteiger partial charge on any atom is 0.338 e. The zero-order chi connectivity index (χ0) is 14.7. The molecule has 1 aliphatic rings. The van der Waals surface area contributed by atoms with Crippen molar-refractivity contribution in [1.29, 1.82) is 0 Å². The van der Waals surface area contributed by atoms with E-state index in [1.807, 2.05) is 0 Å². The molecule has 2 amide bonds. The average Bonchev–Trinajstić information content (AvgIpc) is 2.69. The minimum absolute atomic E-state index is 0.209. The van der Waals surface area contributed by atoms with E-state index >= 15 is 0 Å². The maximum absolute atomic E-state index is 12.1. The van der Waals surface area contributed by atoms with Gasteiger partial charge in [-0.3, -0.25) is 9.59 Å². The van der Waals surface area contributed by atoms with Crippen molar-refractivity contribution >= 4 is 17.8 Å². The van der Waals surface area contributed by atoms with Crippen LogP contribution in [0.5, 0.6) is 0 Å². The number of carbonyl (C=O) groups excluding carboxylic acids is 3. The molecule has 1 atom stereocenters. The number of hydrogen-bond acceptors (Lipinski definition) is 5. The van der Waals surface area contributed by atoms with Crippen molar-refractivity contribution in [2.24, 2.45) is 0 Å². The summed E-state index contributed by atoms with van der Waals surface area (Å²) in [6, 6.07) is 6.42. The second-order valence-corrected chi connectivity index (χ2v) is 4.20. The van der Waals surface area contributed by atoms with Crippen molar-refractivity contribution in [3.8, 4) is 0 Å². The van der Waals surface area contributed by atoms with E-state index < -0.39 is 23.9 Å². The number of carbonyl (C=O) groups is 3. The number of amides is 2. The Kier molecular flexibility index (Phi) is 4.14. The number of hydrogen-bond donors (Lipinski definition) is 0. The summed E-state index contributed by atoms with van der Waals surface area (Å²) in [6.45, 7) is 3.59. The molecular formula is C14H15NO5. The normalized spacial score (nSPS) is 15.2. The van der Waals surface area contributed by atoms with Crippen molar-refractivity contribution in [2.45, 2.75) is 26.4 Å². The summed E-state index contributed by atoms with van der Waals surface area (Å²) < 4.78 is 4.84. The summed E-state index contributed by atoms with van der Waals surface area (Å²) in [5.74, 6) is -1.71. The molecule has 0 saturated carbocycles. The Morgan fingerprint density at radius 1 is 1.15 bits per heavy atom. The number of esters is 1. The molecule has 2 rings (SSSR count). The summed E-state index contributed by atoms with van der Waals surface area (Å²) in [5, 5.41) is 0.635. The Bertz CT molecular complexity index is 519. The van der Waals surface area contributed by atoms with E-state index in [9.17, 15) is 14.4 Å². The van der Waals surface area contributed by atoms with Gasteiger partial charge in [-0.2, -0.15) is 0 Å². The van der Waals surface area contributed by atoms with Crippen LogP contribution < -0.4 is 0 Å². The van der Waals surface area contributed by atoms with Crippen molar-refractivity contribution in [3.05, 3.63) is 35.4 Å². The molecule has 1 aromatic carbocycles. The predicted molar refractivity (Wildman–Crippen MR) is 68.7 cm³/mol. The molecule has 1 aromatic rings. The summed E-state index contributed by atoms with van der Waals surface area (Å²) in [4.78, 5) is 41.0. The molecule has 0 aromatic heterocycles. The van der Waals surface area contributed by atoms with Gasteiger partial charge in [0.15, 0.2) is 6.10 Å². The van der Waals surface area contributed by atoms with Crippen LogP contribution >= 0.6 is 0 Å². The van der Waals surface area contributed by atoms with Gasteiger partial charge < -0.3 is 4.74 Å². The predicted octanol–water partition coefficient (Wildman–Crippen LogP) is 1.56. The van der Waals surface area contributed by atoms with Crippen molar-refractivity contribution < 1.29 is 24.0 Å². The summed E-state index contributed by atoms with van der Waals surface area (Å²) in [6.07, 6.45) is -0.677. The lowest BCUT2D eigenvalue weighted by Gasteiger charge is -2.19. The van der Waals surface area contributed by atoms with Crippen LogP contribution in [0.1, 0.15) is 41.0 Å². The molecule has 1 unspecified atom stereocenters. The SMILES string of the molecule is CCOC(=O)C(CC)ON1C(=O)c2ccccc2C1=O. The maximum atomic E-state index is 12.1. The van der Waals surface area contributed by atoms with Crippen LogP contribution in [-0.4, -0.2) is 35.6 Å². The first kappa shape index (κ1) is 14.2. The second-order valence-electron chi connectivity index (χ2n) is 4.20. The van der Waals surface area contributed by atoms with E-state index in [0.29, 0.717) is 11.5 Å². The number of rotatable bonds is 5. The molecular weight excluding hydrogens is 262 g/mol. The van der Waals surface area contributed by atoms with Gasteiger partial charge in [0.2, 0.25) is 0 Å². The molecule has 0 spiro atoms. The number of imide groups is 1. The van der Waals surface area contributed by atoms with E-state index in [2.05, 4.69) is 0 Å². The third-order valence-electron chi connectivity index (χ3n) is 2.91. The van der Waals surface area contributed by atoms with Gasteiger partial charge in [-0.05, 0) is 25.5 Å². The largest absolute Gasteiger partial charge is 0.464 e. The quantitative estimate of drug-likeness (QED) is 0.603. The lowest BCUT2D eigenvalue weighted by Crippen LogP contribution is -2.38. The first-order valence-corrected chi connectivity index (χ1v) is 6.41. The molecule has 0 bridgehead atoms. The third-order valence-corrected chi connectivity index (χ3v) is 2.91. The molecule has 6 nitrogen and oxygen atoms in total. The summed E-state index contributed by atoms with van der Waals surface area (Å²) in [5.41, 5.74) is 0.549. The highest BCUT2D eigenvalue weighted by atomic mass is 16.7. The van der Waals surface area contributed by atoms with Crippen LogP contribution in [0.15, 0.2) is 24.3 Å². The number of fused-ring (bicyclic) bond motifs is 1. The lowest BCUT2D eigenvalue weighted by atomic mass is 10.1. The Morgan fingerprint density at radius 2 is 1.70 bits per heavy atom. The van der Waals surface area contributed by atoms with Gasteiger partial charge >= 0.3 is 5.97 Å². The van der Waals surface area contributed by atoms with Gasteiger partial charge in [-0.15, -0.1) is 5.06 Å². The van der Waals surface area contributed by atoms with Crippen molar-refractivity contribution in [2.75, 3.05) is 6.61 Å². The fourth-order valence-electron chi connectivity index (χ4n) is 1.91. The van der Waals surface area contributed by atoms with Gasteiger partial charge in [-0.25, -0.2) is 9.63 Å². The molecule has 0 radical (unpaired) electrons. The van der Waals surface area contributed by atoms with Crippen molar-refractivity contribution in [3.63, 3.8) is 0 Å². The van der Waals surface area contributed by atoms with E-state index in [4.69, 9.17) is 9.57 Å². The van der Waals surface area contributed by atoms with Gasteiger partial charge in [0, 0.05) is 0 Å². The molecule has 1 heterocycles. The van der Waals surface area contributed by atoms with Crippen LogP contribution in [0.25, 0.3) is 0 Å². The van der Waals surface area contributed by atoms with Gasteiger partial charge in [0.05, 0.1) is 17.7 Å².